The molecule has 4 unspecified atom stereocenters. The number of carbonyl (C=O) groups excluding carboxylic acids is 2. The van der Waals surface area contributed by atoms with Crippen molar-refractivity contribution in [1.82, 2.24) is 0 Å². The van der Waals surface area contributed by atoms with Gasteiger partial charge in [0.1, 0.15) is 0 Å². The molecule has 0 aliphatic heterocycles. The minimum Gasteiger partial charge on any atom is -0.478 e. The van der Waals surface area contributed by atoms with Crippen LogP contribution in [0.2, 0.25) is 0 Å². The molecule has 0 radical (unpaired) electrons. The summed E-state index contributed by atoms with van der Waals surface area (Å²) in [7, 11) is 0. The Balaban J connectivity index is 0.000000560. The van der Waals surface area contributed by atoms with Crippen molar-refractivity contribution in [1.29, 1.82) is 0 Å². The van der Waals surface area contributed by atoms with Crippen LogP contribution in [-0.4, -0.2) is 47.3 Å². The van der Waals surface area contributed by atoms with E-state index in [0.717, 1.165) is 114 Å². The second-order valence-electron chi connectivity index (χ2n) is 15.6. The van der Waals surface area contributed by atoms with Crippen molar-refractivity contribution in [3.05, 3.63) is 69.8 Å². The molecule has 0 amide bonds. The molecular weight excluding hydrogens is 705 g/mol. The van der Waals surface area contributed by atoms with E-state index in [2.05, 4.69) is 55.4 Å². The molecule has 0 spiro atoms. The number of aromatic carboxylic acids is 2. The van der Waals surface area contributed by atoms with E-state index >= 15 is 0 Å². The molecule has 0 aliphatic carbocycles. The lowest BCUT2D eigenvalue weighted by Crippen LogP contribution is -2.19. The molecule has 2 aromatic carbocycles. The number of carboxylic acids is 2. The summed E-state index contributed by atoms with van der Waals surface area (Å²) in [5, 5.41) is 19.4. The maximum absolute atomic E-state index is 12.6. The molecule has 2 rings (SSSR count). The Labute approximate surface area is 339 Å². The summed E-state index contributed by atoms with van der Waals surface area (Å²) in [5.74, 6) is -1.55. The van der Waals surface area contributed by atoms with Gasteiger partial charge in [-0.25, -0.2) is 19.2 Å². The van der Waals surface area contributed by atoms with E-state index in [-0.39, 0.29) is 11.1 Å². The number of hydrogen-bond acceptors (Lipinski definition) is 6. The van der Waals surface area contributed by atoms with Crippen LogP contribution in [0, 0.1) is 23.7 Å². The fourth-order valence-corrected chi connectivity index (χ4v) is 7.20. The highest BCUT2D eigenvalue weighted by atomic mass is 16.5. The number of benzene rings is 2. The predicted octanol–water partition coefficient (Wildman–Crippen LogP) is 13.0. The summed E-state index contributed by atoms with van der Waals surface area (Å²) in [5.41, 5.74) is 2.29. The second kappa shape index (κ2) is 29.5. The van der Waals surface area contributed by atoms with Crippen molar-refractivity contribution >= 4 is 23.9 Å². The number of carboxylic acid groups (broad SMARTS) is 2. The Bertz CT molecular complexity index is 1380. The van der Waals surface area contributed by atoms with Crippen LogP contribution in [0.15, 0.2) is 36.4 Å². The second-order valence-corrected chi connectivity index (χ2v) is 15.6. The average Bonchev–Trinajstić information content (AvgIpc) is 3.20. The normalized spacial score (nSPS) is 13.1. The number of carbonyl (C=O) groups is 4. The monoisotopic (exact) mass is 781 g/mol. The van der Waals surface area contributed by atoms with E-state index in [4.69, 9.17) is 9.47 Å². The number of esters is 2. The maximum Gasteiger partial charge on any atom is 0.339 e. The van der Waals surface area contributed by atoms with Crippen molar-refractivity contribution in [2.45, 2.75) is 171 Å². The van der Waals surface area contributed by atoms with Crippen LogP contribution in [0.4, 0.5) is 0 Å². The van der Waals surface area contributed by atoms with Crippen LogP contribution in [-0.2, 0) is 22.3 Å². The molecule has 4 atom stereocenters. The van der Waals surface area contributed by atoms with Crippen LogP contribution in [0.1, 0.15) is 211 Å². The van der Waals surface area contributed by atoms with Crippen LogP contribution in [0.5, 0.6) is 0 Å². The van der Waals surface area contributed by atoms with Gasteiger partial charge in [-0.05, 0) is 78.7 Å². The summed E-state index contributed by atoms with van der Waals surface area (Å²) in [6.07, 6.45) is 18.8. The quantitative estimate of drug-likeness (QED) is 0.0817. The predicted molar refractivity (Wildman–Crippen MR) is 228 cm³/mol. The van der Waals surface area contributed by atoms with E-state index in [1.807, 2.05) is 6.07 Å². The largest absolute Gasteiger partial charge is 0.478 e. The number of rotatable bonds is 28. The lowest BCUT2D eigenvalue weighted by molar-refractivity contribution is 0.0381. The van der Waals surface area contributed by atoms with Gasteiger partial charge in [0, 0.05) is 0 Å². The summed E-state index contributed by atoms with van der Waals surface area (Å²) in [4.78, 5) is 48.9. The van der Waals surface area contributed by atoms with E-state index in [9.17, 15) is 29.4 Å². The maximum atomic E-state index is 12.6. The lowest BCUT2D eigenvalue weighted by Gasteiger charge is -2.23. The molecule has 0 saturated heterocycles. The van der Waals surface area contributed by atoms with Crippen molar-refractivity contribution in [3.63, 3.8) is 0 Å². The molecule has 2 aromatic rings. The van der Waals surface area contributed by atoms with Gasteiger partial charge >= 0.3 is 23.9 Å². The van der Waals surface area contributed by atoms with Crippen molar-refractivity contribution in [2.24, 2.45) is 23.7 Å². The fourth-order valence-electron chi connectivity index (χ4n) is 7.20. The number of ether oxygens (including phenoxy) is 2. The minimum absolute atomic E-state index is 0.00490. The van der Waals surface area contributed by atoms with Gasteiger partial charge in [-0.1, -0.05) is 163 Å². The third-order valence-corrected chi connectivity index (χ3v) is 11.3. The van der Waals surface area contributed by atoms with Gasteiger partial charge in [0.05, 0.1) is 35.5 Å². The number of unbranched alkanes of at least 4 members (excludes halogenated alkanes) is 4. The Hall–Kier alpha value is -3.68. The van der Waals surface area contributed by atoms with Gasteiger partial charge < -0.3 is 19.7 Å². The first kappa shape index (κ1) is 50.3. The summed E-state index contributed by atoms with van der Waals surface area (Å²) < 4.78 is 11.0. The molecule has 8 heteroatoms. The van der Waals surface area contributed by atoms with E-state index in [1.165, 1.54) is 12.5 Å². The summed E-state index contributed by atoms with van der Waals surface area (Å²) >= 11 is 0. The summed E-state index contributed by atoms with van der Waals surface area (Å²) in [6.45, 7) is 18.0. The molecule has 0 heterocycles. The molecule has 56 heavy (non-hydrogen) atoms. The van der Waals surface area contributed by atoms with Gasteiger partial charge in [0.15, 0.2) is 0 Å². The number of hydrogen-bond donors (Lipinski definition) is 2. The van der Waals surface area contributed by atoms with Crippen molar-refractivity contribution in [2.75, 3.05) is 13.2 Å². The zero-order valence-corrected chi connectivity index (χ0v) is 36.3. The van der Waals surface area contributed by atoms with Crippen LogP contribution < -0.4 is 0 Å². The molecule has 0 fully saturated rings. The van der Waals surface area contributed by atoms with Crippen LogP contribution in [0.3, 0.4) is 0 Å². The van der Waals surface area contributed by atoms with E-state index in [1.54, 1.807) is 24.3 Å². The molecule has 2 N–H and O–H groups in total. The molecule has 0 aromatic heterocycles. The van der Waals surface area contributed by atoms with Gasteiger partial charge in [0.25, 0.3) is 0 Å². The first-order valence-corrected chi connectivity index (χ1v) is 22.0. The van der Waals surface area contributed by atoms with Gasteiger partial charge in [-0.3, -0.25) is 0 Å². The van der Waals surface area contributed by atoms with Gasteiger partial charge in [-0.2, -0.15) is 0 Å². The Morgan fingerprint density at radius 2 is 0.893 bits per heavy atom. The van der Waals surface area contributed by atoms with E-state index in [0.29, 0.717) is 54.4 Å². The minimum atomic E-state index is -1.16. The van der Waals surface area contributed by atoms with Gasteiger partial charge in [-0.15, -0.1) is 0 Å². The highest BCUT2D eigenvalue weighted by molar-refractivity contribution is 6.03. The van der Waals surface area contributed by atoms with Crippen LogP contribution >= 0.6 is 0 Å². The molecule has 8 nitrogen and oxygen atoms in total. The molecule has 0 aliphatic rings. The standard InChI is InChI=1S/2C24H38O4/c1-5-9-13-19(7-3)17-27-23(25)21-15-11-12-16-22(21)24(26)28-18-20(8-4)14-10-6-2;1-5-9-11-17(7-3)15-19-13-14-20(23(25)26)22(24(27)28)21(19)16-18(8-4)12-10-6-2/h11-12,15-16,19-20H,5-10,13-14,17-18H2,1-4H3;13-14,17-18H,5-12,15-16H2,1-4H3,(H,25,26)(H,27,28). The average molecular weight is 781 g/mol. The smallest absolute Gasteiger partial charge is 0.339 e. The highest BCUT2D eigenvalue weighted by Crippen LogP contribution is 2.30. The molecular formula is C48H76O8. The first-order chi connectivity index (χ1) is 27.0. The van der Waals surface area contributed by atoms with Crippen molar-refractivity contribution in [3.8, 4) is 0 Å². The Morgan fingerprint density at radius 3 is 1.25 bits per heavy atom. The third-order valence-electron chi connectivity index (χ3n) is 11.3. The van der Waals surface area contributed by atoms with Crippen LogP contribution in [0.25, 0.3) is 0 Å². The van der Waals surface area contributed by atoms with E-state index < -0.39 is 23.9 Å². The SMILES string of the molecule is CCCCC(CC)COC(=O)c1ccccc1C(=O)OCC(CC)CCCC.CCCCC(CC)Cc1ccc(C(=O)O)c(C(=O)O)c1CC(CC)CCCC. The van der Waals surface area contributed by atoms with Crippen molar-refractivity contribution < 1.29 is 38.9 Å². The fraction of sp³-hybridized carbons (Fsp3) is 0.667. The molecule has 0 saturated carbocycles. The zero-order valence-electron chi connectivity index (χ0n) is 36.3. The topological polar surface area (TPSA) is 127 Å². The third kappa shape index (κ3) is 18.1. The lowest BCUT2D eigenvalue weighted by atomic mass is 9.82. The molecule has 0 bridgehead atoms. The zero-order chi connectivity index (χ0) is 41.9. The Kier molecular flexibility index (Phi) is 26.6. The Morgan fingerprint density at radius 1 is 0.500 bits per heavy atom. The van der Waals surface area contributed by atoms with Gasteiger partial charge in [0.2, 0.25) is 0 Å². The highest BCUT2D eigenvalue weighted by Gasteiger charge is 2.26. The summed E-state index contributed by atoms with van der Waals surface area (Å²) in [6, 6.07) is 10.1. The first-order valence-electron chi connectivity index (χ1n) is 22.0. The molecule has 316 valence electrons.